The molecule has 1 heteroatoms. The first-order valence-corrected chi connectivity index (χ1v) is 11.6. The summed E-state index contributed by atoms with van der Waals surface area (Å²) in [7, 11) is 0. The molecule has 0 rings (SSSR count). The Labute approximate surface area is 35.7 Å². The van der Waals surface area contributed by atoms with Gasteiger partial charge in [0.25, 0.3) is 0 Å². The molecule has 0 heterocycles. The quantitative estimate of drug-likeness (QED) is 0.621. The summed E-state index contributed by atoms with van der Waals surface area (Å²) in [6.45, 7) is 0. The van der Waals surface area contributed by atoms with Crippen LogP contribution >= 0.6 is 0 Å². The van der Waals surface area contributed by atoms with Crippen LogP contribution in [0.15, 0.2) is 0 Å². The maximum absolute atomic E-state index is 2.38. The van der Waals surface area contributed by atoms with Crippen LogP contribution in [0, 0.1) is 0 Å². The Morgan fingerprint density at radius 3 is 1.00 bits per heavy atom. The van der Waals surface area contributed by atoms with Crippen LogP contribution in [0.3, 0.4) is 0 Å². The van der Waals surface area contributed by atoms with Gasteiger partial charge in [0.1, 0.15) is 0 Å². The van der Waals surface area contributed by atoms with Gasteiger partial charge in [0.2, 0.25) is 0 Å². The van der Waals surface area contributed by atoms with Gasteiger partial charge in [-0.3, -0.25) is 0 Å². The number of rotatable bonds is 0. The van der Waals surface area contributed by atoms with Crippen LogP contribution in [0.5, 0.6) is 0 Å². The summed E-state index contributed by atoms with van der Waals surface area (Å²) in [5.41, 5.74) is 0. The van der Waals surface area contributed by atoms with Crippen LogP contribution in [0.2, 0.25) is 14.0 Å². The first kappa shape index (κ1) is 4.87. The molecule has 0 bridgehead atoms. The Balaban J connectivity index is 2.32. The zero-order valence-corrected chi connectivity index (χ0v) is 6.87. The second kappa shape index (κ2) is 2.13. The predicted octanol–water partition coefficient (Wildman–Crippen LogP) is 1.37. The molecular formula is C3H9In. The van der Waals surface area contributed by atoms with Gasteiger partial charge in [-0.15, -0.1) is 0 Å². The summed E-state index contributed by atoms with van der Waals surface area (Å²) in [6, 6.07) is 0. The average Bonchev–Trinajstić information content (AvgIpc) is 0.811. The van der Waals surface area contributed by atoms with E-state index in [1.54, 1.807) is 0 Å². The molecule has 0 N–H and O–H groups in total. The minimum absolute atomic E-state index is 0.637. The van der Waals surface area contributed by atoms with E-state index in [1.807, 2.05) is 0 Å². The molecule has 0 aromatic rings. The van der Waals surface area contributed by atoms with Crippen molar-refractivity contribution in [2.24, 2.45) is 0 Å². The van der Waals surface area contributed by atoms with Crippen molar-refractivity contribution >= 4 is 21.4 Å². The van der Waals surface area contributed by atoms with Gasteiger partial charge >= 0.3 is 35.5 Å². The third kappa shape index (κ3) is 13.3. The van der Waals surface area contributed by atoms with E-state index in [2.05, 4.69) is 14.0 Å². The normalized spacial score (nSPS) is 6.75. The molecule has 0 aliphatic rings. The Hall–Kier alpha value is 0.870. The zero-order valence-electron chi connectivity index (χ0n) is 3.58. The van der Waals surface area contributed by atoms with Crippen LogP contribution in [0.25, 0.3) is 0 Å². The summed E-state index contributed by atoms with van der Waals surface area (Å²) >= 11 is -0.637. The molecule has 0 saturated heterocycles. The van der Waals surface area contributed by atoms with Crippen LogP contribution in [0.4, 0.5) is 0 Å². The molecule has 4 heavy (non-hydrogen) atoms. The summed E-state index contributed by atoms with van der Waals surface area (Å²) < 4.78 is 7.13. The molecule has 0 aliphatic heterocycles. The van der Waals surface area contributed by atoms with E-state index in [-0.39, 0.29) is 0 Å². The Kier molecular flexibility index (Phi) is 2.59. The SMILES string of the molecule is [CH3][303In]([CH3])[CH3]. The minimum atomic E-state index is -0.637. The van der Waals surface area contributed by atoms with E-state index in [9.17, 15) is 0 Å². The molecule has 24 valence electrons. The van der Waals surface area contributed by atoms with E-state index >= 15 is 0 Å². The standard InChI is InChI=1S/3CH3.In/h3*1H3;/i;;;1+89. The van der Waals surface area contributed by atoms with Crippen molar-refractivity contribution < 1.29 is 0 Å². The number of hydrogen-bond acceptors (Lipinski definition) is 0. The monoisotopic (exact) mass is 348 g/mol. The predicted molar refractivity (Wildman–Crippen MR) is 23.3 cm³/mol. The second-order valence-electron chi connectivity index (χ2n) is 1.73. The van der Waals surface area contributed by atoms with E-state index in [1.165, 1.54) is 0 Å². The molecule has 0 aliphatic carbocycles. The van der Waals surface area contributed by atoms with Crippen molar-refractivity contribution in [1.29, 1.82) is 0 Å². The van der Waals surface area contributed by atoms with Crippen LogP contribution in [0.1, 0.15) is 0 Å². The van der Waals surface area contributed by atoms with E-state index in [0.29, 0.717) is 0 Å². The molecule has 0 aromatic heterocycles. The van der Waals surface area contributed by atoms with Gasteiger partial charge in [0.05, 0.1) is 0 Å². The van der Waals surface area contributed by atoms with Crippen molar-refractivity contribution in [3.05, 3.63) is 0 Å². The van der Waals surface area contributed by atoms with Gasteiger partial charge in [0, 0.05) is 0 Å². The zero-order chi connectivity index (χ0) is 3.58. The van der Waals surface area contributed by atoms with Crippen LogP contribution in [-0.4, -0.2) is 21.4 Å². The van der Waals surface area contributed by atoms with Crippen LogP contribution < -0.4 is 0 Å². The molecular weight excluding hydrogens is 339 g/mol. The van der Waals surface area contributed by atoms with E-state index < -0.39 is 21.4 Å². The van der Waals surface area contributed by atoms with Crippen molar-refractivity contribution in [1.82, 2.24) is 0 Å². The summed E-state index contributed by atoms with van der Waals surface area (Å²) in [5, 5.41) is 0. The van der Waals surface area contributed by atoms with Gasteiger partial charge in [-0.05, 0) is 0 Å². The molecule has 0 amide bonds. The van der Waals surface area contributed by atoms with Gasteiger partial charge in [0.15, 0.2) is 0 Å². The molecule has 0 atom stereocenters. The topological polar surface area (TPSA) is 0 Å². The second-order valence-corrected chi connectivity index (χ2v) is 11.6. The molecule has 0 radical (unpaired) electrons. The summed E-state index contributed by atoms with van der Waals surface area (Å²) in [5.74, 6) is 0. The van der Waals surface area contributed by atoms with E-state index in [4.69, 9.17) is 0 Å². The Morgan fingerprint density at radius 2 is 1.00 bits per heavy atom. The molecule has 0 fully saturated rings. The summed E-state index contributed by atoms with van der Waals surface area (Å²) in [6.07, 6.45) is 0. The van der Waals surface area contributed by atoms with Crippen molar-refractivity contribution in [2.75, 3.05) is 0 Å². The molecule has 0 aromatic carbocycles. The van der Waals surface area contributed by atoms with Gasteiger partial charge in [-0.1, -0.05) is 0 Å². The van der Waals surface area contributed by atoms with Crippen LogP contribution in [-0.2, 0) is 0 Å². The fourth-order valence-electron chi connectivity index (χ4n) is 0. The van der Waals surface area contributed by atoms with Gasteiger partial charge in [-0.2, -0.15) is 0 Å². The molecule has 0 nitrogen and oxygen atoms in total. The Morgan fingerprint density at radius 1 is 1.00 bits per heavy atom. The average molecular weight is 348 g/mol. The van der Waals surface area contributed by atoms with Crippen molar-refractivity contribution in [3.8, 4) is 0 Å². The fourth-order valence-corrected chi connectivity index (χ4v) is 0. The van der Waals surface area contributed by atoms with E-state index in [0.717, 1.165) is 0 Å². The van der Waals surface area contributed by atoms with Gasteiger partial charge in [-0.25, -0.2) is 0 Å². The summed E-state index contributed by atoms with van der Waals surface area (Å²) in [4.78, 5) is 0. The molecule has 0 spiro atoms. The maximum atomic E-state index is 2.38. The molecule has 0 unspecified atom stereocenters. The van der Waals surface area contributed by atoms with Crippen molar-refractivity contribution in [3.63, 3.8) is 0 Å². The first-order valence-electron chi connectivity index (χ1n) is 1.73. The molecule has 0 saturated carbocycles. The van der Waals surface area contributed by atoms with Gasteiger partial charge < -0.3 is 0 Å². The first-order chi connectivity index (χ1) is 1.73. The fraction of sp³-hybridized carbons (Fsp3) is 1.00. The number of hydrogen-bond donors (Lipinski definition) is 0. The third-order valence-corrected chi connectivity index (χ3v) is 0. The Bertz CT molecular complexity index is 8.00. The third-order valence-electron chi connectivity index (χ3n) is 0. The van der Waals surface area contributed by atoms with Crippen molar-refractivity contribution in [2.45, 2.75) is 14.0 Å².